The van der Waals surface area contributed by atoms with Crippen LogP contribution in [0.3, 0.4) is 0 Å². The van der Waals surface area contributed by atoms with E-state index in [4.69, 9.17) is 4.74 Å². The first kappa shape index (κ1) is 18.4. The van der Waals surface area contributed by atoms with Gasteiger partial charge in [0.1, 0.15) is 17.4 Å². The Hall–Kier alpha value is -3.39. The van der Waals surface area contributed by atoms with Crippen molar-refractivity contribution in [1.29, 1.82) is 0 Å². The molecule has 0 saturated heterocycles. The minimum atomic E-state index is -0.635. The molecule has 27 heavy (non-hydrogen) atoms. The molecule has 136 valence electrons. The minimum absolute atomic E-state index is 0.0300. The fourth-order valence-electron chi connectivity index (χ4n) is 2.24. The molecule has 0 unspecified atom stereocenters. The summed E-state index contributed by atoms with van der Waals surface area (Å²) in [7, 11) is 0. The van der Waals surface area contributed by atoms with E-state index in [1.165, 1.54) is 41.7 Å². The number of carbonyl (C=O) groups excluding carboxylic acids is 1. The Balaban J connectivity index is 1.60. The molecule has 0 amide bonds. The van der Waals surface area contributed by atoms with Gasteiger partial charge in [0.15, 0.2) is 0 Å². The van der Waals surface area contributed by atoms with E-state index in [0.717, 1.165) is 11.6 Å². The molecule has 3 rings (SSSR count). The molecule has 0 N–H and O–H groups in total. The largest absolute Gasteiger partial charge is 0.456 e. The summed E-state index contributed by atoms with van der Waals surface area (Å²) in [5, 5.41) is 13.4. The molecule has 0 aliphatic rings. The van der Waals surface area contributed by atoms with E-state index < -0.39 is 10.9 Å². The third kappa shape index (κ3) is 4.83. The maximum Gasteiger partial charge on any atom is 0.331 e. The van der Waals surface area contributed by atoms with E-state index in [0.29, 0.717) is 16.3 Å². The second-order valence-electron chi connectivity index (χ2n) is 5.41. The van der Waals surface area contributed by atoms with Crippen LogP contribution in [0.4, 0.5) is 10.1 Å². The zero-order valence-electron chi connectivity index (χ0n) is 13.9. The fourth-order valence-corrected chi connectivity index (χ4v) is 3.05. The molecule has 0 saturated carbocycles. The van der Waals surface area contributed by atoms with Gasteiger partial charge in [-0.3, -0.25) is 10.1 Å². The Morgan fingerprint density at radius 1 is 1.22 bits per heavy atom. The van der Waals surface area contributed by atoms with Gasteiger partial charge in [0.25, 0.3) is 5.69 Å². The molecule has 8 heteroatoms. The van der Waals surface area contributed by atoms with Gasteiger partial charge in [-0.05, 0) is 36.4 Å². The van der Waals surface area contributed by atoms with Gasteiger partial charge >= 0.3 is 5.97 Å². The minimum Gasteiger partial charge on any atom is -0.456 e. The van der Waals surface area contributed by atoms with Crippen molar-refractivity contribution in [3.05, 3.63) is 87.2 Å². The van der Waals surface area contributed by atoms with Crippen molar-refractivity contribution in [2.45, 2.75) is 6.61 Å². The fraction of sp³-hybridized carbons (Fsp3) is 0.0526. The smallest absolute Gasteiger partial charge is 0.331 e. The van der Waals surface area contributed by atoms with Crippen LogP contribution < -0.4 is 0 Å². The molecule has 3 aromatic rings. The number of nitro groups is 1. The number of carbonyl (C=O) groups is 1. The van der Waals surface area contributed by atoms with E-state index in [1.807, 2.05) is 0 Å². The van der Waals surface area contributed by atoms with Gasteiger partial charge in [-0.2, -0.15) is 0 Å². The summed E-state index contributed by atoms with van der Waals surface area (Å²) < 4.78 is 18.1. The average Bonchev–Trinajstić information content (AvgIpc) is 3.14. The Morgan fingerprint density at radius 3 is 2.70 bits per heavy atom. The molecule has 0 aliphatic carbocycles. The summed E-state index contributed by atoms with van der Waals surface area (Å²) >= 11 is 1.36. The number of para-hydroxylation sites is 1. The Kier molecular flexibility index (Phi) is 5.68. The molecule has 0 radical (unpaired) electrons. The van der Waals surface area contributed by atoms with Crippen LogP contribution in [0, 0.1) is 15.9 Å². The van der Waals surface area contributed by atoms with Crippen LogP contribution in [0.5, 0.6) is 0 Å². The highest BCUT2D eigenvalue weighted by molar-refractivity contribution is 7.13. The van der Waals surface area contributed by atoms with Crippen molar-refractivity contribution in [3.63, 3.8) is 0 Å². The molecule has 0 spiro atoms. The van der Waals surface area contributed by atoms with E-state index in [2.05, 4.69) is 4.98 Å². The molecule has 1 aromatic heterocycles. The number of hydrogen-bond acceptors (Lipinski definition) is 6. The molecule has 0 fully saturated rings. The summed E-state index contributed by atoms with van der Waals surface area (Å²) in [6.07, 6.45) is 2.47. The summed E-state index contributed by atoms with van der Waals surface area (Å²) in [6.45, 7) is -0.0300. The lowest BCUT2D eigenvalue weighted by Gasteiger charge is -1.99. The van der Waals surface area contributed by atoms with Crippen LogP contribution in [-0.2, 0) is 16.1 Å². The monoisotopic (exact) mass is 384 g/mol. The number of nitro benzene ring substituents is 1. The third-order valence-corrected chi connectivity index (χ3v) is 4.48. The zero-order chi connectivity index (χ0) is 19.2. The van der Waals surface area contributed by atoms with Crippen molar-refractivity contribution in [1.82, 2.24) is 4.98 Å². The summed E-state index contributed by atoms with van der Waals surface area (Å²) in [5.74, 6) is -0.959. The number of halogens is 1. The highest BCUT2D eigenvalue weighted by Gasteiger charge is 2.10. The normalized spacial score (nSPS) is 10.9. The van der Waals surface area contributed by atoms with Gasteiger partial charge in [-0.15, -0.1) is 11.3 Å². The number of rotatable bonds is 6. The number of esters is 1. The van der Waals surface area contributed by atoms with E-state index in [9.17, 15) is 19.3 Å². The summed E-state index contributed by atoms with van der Waals surface area (Å²) in [6, 6.07) is 12.0. The lowest BCUT2D eigenvalue weighted by molar-refractivity contribution is -0.385. The Labute approximate surface area is 157 Å². The molecular formula is C19H13FN2O4S. The van der Waals surface area contributed by atoms with Crippen LogP contribution in [0.15, 0.2) is 60.0 Å². The molecule has 0 atom stereocenters. The predicted molar refractivity (Wildman–Crippen MR) is 99.4 cm³/mol. The standard InChI is InChI=1S/C19H13FN2O4S/c20-15-8-5-14(6-9-15)19-21-16(12-27-19)11-26-18(23)10-7-13-3-1-2-4-17(13)22(24)25/h1-10,12H,11H2/b10-7+. The lowest BCUT2D eigenvalue weighted by Crippen LogP contribution is -2.01. The van der Waals surface area contributed by atoms with Crippen LogP contribution in [0.2, 0.25) is 0 Å². The van der Waals surface area contributed by atoms with Gasteiger partial charge in [-0.1, -0.05) is 12.1 Å². The lowest BCUT2D eigenvalue weighted by atomic mass is 10.1. The van der Waals surface area contributed by atoms with Crippen molar-refractivity contribution in [3.8, 4) is 10.6 Å². The van der Waals surface area contributed by atoms with Crippen molar-refractivity contribution in [2.24, 2.45) is 0 Å². The van der Waals surface area contributed by atoms with E-state index in [1.54, 1.807) is 29.6 Å². The molecule has 1 heterocycles. The van der Waals surface area contributed by atoms with Gasteiger partial charge in [0.05, 0.1) is 16.2 Å². The van der Waals surface area contributed by atoms with Crippen LogP contribution >= 0.6 is 11.3 Å². The van der Waals surface area contributed by atoms with Gasteiger partial charge < -0.3 is 4.74 Å². The maximum absolute atomic E-state index is 13.0. The maximum atomic E-state index is 13.0. The Morgan fingerprint density at radius 2 is 1.96 bits per heavy atom. The number of hydrogen-bond donors (Lipinski definition) is 0. The third-order valence-electron chi connectivity index (χ3n) is 3.54. The molecule has 2 aromatic carbocycles. The van der Waals surface area contributed by atoms with Gasteiger partial charge in [0.2, 0.25) is 0 Å². The first-order valence-electron chi connectivity index (χ1n) is 7.81. The van der Waals surface area contributed by atoms with Crippen LogP contribution in [-0.4, -0.2) is 15.9 Å². The number of aromatic nitrogens is 1. The average molecular weight is 384 g/mol. The van der Waals surface area contributed by atoms with Gasteiger partial charge in [0, 0.05) is 23.1 Å². The second-order valence-corrected chi connectivity index (χ2v) is 6.27. The second kappa shape index (κ2) is 8.33. The topological polar surface area (TPSA) is 82.3 Å². The van der Waals surface area contributed by atoms with Crippen LogP contribution in [0.25, 0.3) is 16.6 Å². The number of nitrogens with zero attached hydrogens (tertiary/aromatic N) is 2. The van der Waals surface area contributed by atoms with E-state index in [-0.39, 0.29) is 18.1 Å². The Bertz CT molecular complexity index is 999. The van der Waals surface area contributed by atoms with Crippen LogP contribution in [0.1, 0.15) is 11.3 Å². The van der Waals surface area contributed by atoms with Crippen molar-refractivity contribution in [2.75, 3.05) is 0 Å². The highest BCUT2D eigenvalue weighted by Crippen LogP contribution is 2.24. The number of benzene rings is 2. The molecule has 6 nitrogen and oxygen atoms in total. The summed E-state index contributed by atoms with van der Waals surface area (Å²) in [5.41, 5.74) is 1.55. The van der Waals surface area contributed by atoms with Crippen molar-refractivity contribution < 1.29 is 18.8 Å². The zero-order valence-corrected chi connectivity index (χ0v) is 14.7. The predicted octanol–water partition coefficient (Wildman–Crippen LogP) is 4.61. The van der Waals surface area contributed by atoms with Gasteiger partial charge in [-0.25, -0.2) is 14.2 Å². The first-order valence-corrected chi connectivity index (χ1v) is 8.69. The first-order chi connectivity index (χ1) is 13.0. The quantitative estimate of drug-likeness (QED) is 0.268. The van der Waals surface area contributed by atoms with Crippen molar-refractivity contribution >= 4 is 29.1 Å². The van der Waals surface area contributed by atoms with E-state index >= 15 is 0 Å². The molecule has 0 bridgehead atoms. The SMILES string of the molecule is O=C(/C=C/c1ccccc1[N+](=O)[O-])OCc1csc(-c2ccc(F)cc2)n1. The molecular weight excluding hydrogens is 371 g/mol. The number of thiazole rings is 1. The number of ether oxygens (including phenoxy) is 1. The highest BCUT2D eigenvalue weighted by atomic mass is 32.1. The summed E-state index contributed by atoms with van der Waals surface area (Å²) in [4.78, 5) is 26.6. The molecule has 0 aliphatic heterocycles.